The number of Topliss-reactive ketones (excluding diaryl/α,β-unsaturated/α-hetero) is 1. The minimum atomic E-state index is -4.43. The Kier molecular flexibility index (Phi) is 6.30. The predicted octanol–water partition coefficient (Wildman–Crippen LogP) is 0.530. The normalized spacial score (nSPS) is 27.6. The zero-order valence-corrected chi connectivity index (χ0v) is 20.7. The molecule has 3 fully saturated rings. The second-order valence-electron chi connectivity index (χ2n) is 9.10. The summed E-state index contributed by atoms with van der Waals surface area (Å²) in [4.78, 5) is 51.7. The van der Waals surface area contributed by atoms with Crippen molar-refractivity contribution in [1.82, 2.24) is 5.06 Å². The van der Waals surface area contributed by atoms with Crippen LogP contribution in [0.1, 0.15) is 11.1 Å². The summed E-state index contributed by atoms with van der Waals surface area (Å²) in [6, 6.07) is 16.0. The van der Waals surface area contributed by atoms with Gasteiger partial charge in [0.25, 0.3) is 32.1 Å². The predicted molar refractivity (Wildman–Crippen MR) is 123 cm³/mol. The van der Waals surface area contributed by atoms with E-state index in [1.165, 1.54) is 12.1 Å². The van der Waals surface area contributed by atoms with E-state index in [9.17, 15) is 36.1 Å². The molecule has 2 saturated heterocycles. The van der Waals surface area contributed by atoms with Gasteiger partial charge in [-0.2, -0.15) is 21.0 Å². The molecule has 37 heavy (non-hydrogen) atoms. The van der Waals surface area contributed by atoms with E-state index in [0.717, 1.165) is 0 Å². The number of carbonyl (C=O) groups excluding carboxylic acids is 3. The van der Waals surface area contributed by atoms with Crippen molar-refractivity contribution in [3.05, 3.63) is 76.7 Å². The summed E-state index contributed by atoms with van der Waals surface area (Å²) < 4.78 is 60.4. The van der Waals surface area contributed by atoms with Crippen LogP contribution in [0.15, 0.2) is 60.7 Å². The Balaban J connectivity index is 1.33. The number of amides is 2. The van der Waals surface area contributed by atoms with Gasteiger partial charge in [-0.3, -0.25) is 14.4 Å². The summed E-state index contributed by atoms with van der Waals surface area (Å²) in [5, 5.41) is 0.0667. The van der Waals surface area contributed by atoms with Crippen molar-refractivity contribution in [2.45, 2.75) is 17.7 Å². The number of hydrogen-bond acceptors (Lipinski definition) is 10. The number of ketones is 1. The molecule has 2 aliphatic heterocycles. The summed E-state index contributed by atoms with van der Waals surface area (Å²) in [5.74, 6) is -9.63. The highest BCUT2D eigenvalue weighted by Gasteiger charge is 2.73. The first-order chi connectivity index (χ1) is 17.5. The monoisotopic (exact) mass is 549 g/mol. The summed E-state index contributed by atoms with van der Waals surface area (Å²) in [6.07, 6.45) is -1.74. The van der Waals surface area contributed by atoms with E-state index < -0.39 is 85.8 Å². The molecule has 0 spiro atoms. The number of rotatable bonds is 8. The summed E-state index contributed by atoms with van der Waals surface area (Å²) in [5.41, 5.74) is 0.756. The molecule has 1 saturated carbocycles. The molecule has 2 amide bonds. The maximum absolute atomic E-state index is 13.2. The molecule has 5 atom stereocenters. The van der Waals surface area contributed by atoms with Crippen LogP contribution >= 0.6 is 0 Å². The van der Waals surface area contributed by atoms with E-state index in [4.69, 9.17) is 8.47 Å². The van der Waals surface area contributed by atoms with Crippen LogP contribution in [0, 0.1) is 28.6 Å². The fraction of sp³-hybridized carbons (Fsp3) is 0.348. The minimum Gasteiger partial charge on any atom is -0.298 e. The third kappa shape index (κ3) is 4.72. The quantitative estimate of drug-likeness (QED) is 0.197. The number of fused-ring (bicyclic) bond motifs is 3. The van der Waals surface area contributed by atoms with Crippen LogP contribution in [0.2, 0.25) is 0 Å². The standard InChI is InChI=1S/C23H21N2O10S2/c26-20-18-16(11-24(29)23(18)34-36(30,31)12-14-7-3-1-4-8-14)17-19(20)22(28)25(21(17)27)35-37(32,33)13-15-9-5-2-6-10-15/h1-10,16-19,23H,11-13H2/q+1. The zero-order valence-electron chi connectivity index (χ0n) is 19.1. The van der Waals surface area contributed by atoms with Crippen LogP contribution in [-0.4, -0.2) is 57.0 Å². The number of carbonyl (C=O) groups is 3. The number of nitrogens with zero attached hydrogens (tertiary/aromatic N) is 2. The van der Waals surface area contributed by atoms with Crippen molar-refractivity contribution in [3.8, 4) is 0 Å². The van der Waals surface area contributed by atoms with Crippen molar-refractivity contribution in [1.29, 1.82) is 0 Å². The zero-order chi connectivity index (χ0) is 26.5. The summed E-state index contributed by atoms with van der Waals surface area (Å²) in [7, 11) is -8.74. The number of nitroso groups, excluding NO2 is 1. The molecule has 194 valence electrons. The molecule has 2 heterocycles. The van der Waals surface area contributed by atoms with Gasteiger partial charge in [-0.15, -0.1) is 9.35 Å². The second-order valence-corrected chi connectivity index (χ2v) is 12.3. The van der Waals surface area contributed by atoms with Crippen molar-refractivity contribution in [2.24, 2.45) is 23.7 Å². The highest BCUT2D eigenvalue weighted by molar-refractivity contribution is 7.86. The van der Waals surface area contributed by atoms with Crippen LogP contribution in [0.4, 0.5) is 0 Å². The van der Waals surface area contributed by atoms with E-state index in [2.05, 4.69) is 0 Å². The first kappa shape index (κ1) is 25.3. The largest absolute Gasteiger partial charge is 0.329 e. The van der Waals surface area contributed by atoms with E-state index in [1.807, 2.05) is 0 Å². The van der Waals surface area contributed by atoms with Crippen LogP contribution in [0.25, 0.3) is 0 Å². The Hall–Kier alpha value is -3.33. The molecule has 12 nitrogen and oxygen atoms in total. The highest BCUT2D eigenvalue weighted by Crippen LogP contribution is 2.50. The topological polar surface area (TPSA) is 161 Å². The average molecular weight is 550 g/mol. The maximum atomic E-state index is 13.2. The Morgan fingerprint density at radius 3 is 1.89 bits per heavy atom. The third-order valence-corrected chi connectivity index (χ3v) is 8.90. The van der Waals surface area contributed by atoms with Gasteiger partial charge in [-0.05, 0) is 11.1 Å². The Morgan fingerprint density at radius 1 is 0.784 bits per heavy atom. The van der Waals surface area contributed by atoms with Crippen LogP contribution in [-0.2, 0) is 54.6 Å². The molecule has 14 heteroatoms. The minimum absolute atomic E-state index is 0.0667. The third-order valence-electron chi connectivity index (χ3n) is 6.66. The molecule has 0 N–H and O–H groups in total. The van der Waals surface area contributed by atoms with E-state index >= 15 is 0 Å². The molecule has 0 radical (unpaired) electrons. The number of imide groups is 1. The average Bonchev–Trinajstić information content (AvgIpc) is 3.38. The number of hydroxylamine groups is 2. The molecule has 1 aliphatic carbocycles. The number of benzene rings is 2. The van der Waals surface area contributed by atoms with Gasteiger partial charge in [-0.1, -0.05) is 60.7 Å². The lowest BCUT2D eigenvalue weighted by Crippen LogP contribution is -2.40. The molecule has 0 bridgehead atoms. The smallest absolute Gasteiger partial charge is 0.298 e. The second kappa shape index (κ2) is 9.20. The van der Waals surface area contributed by atoms with Gasteiger partial charge in [0.1, 0.15) is 23.3 Å². The molecule has 5 rings (SSSR count). The Morgan fingerprint density at radius 2 is 1.32 bits per heavy atom. The van der Waals surface area contributed by atoms with Gasteiger partial charge in [0.2, 0.25) is 0 Å². The molecule has 2 aromatic rings. The van der Waals surface area contributed by atoms with Crippen LogP contribution < -0.4 is 0 Å². The number of hydrogen-bond donors (Lipinski definition) is 0. The van der Waals surface area contributed by atoms with Crippen molar-refractivity contribution < 1.29 is 44.4 Å². The molecule has 3 aliphatic rings. The molecular formula is C23H21N2O10S2+. The SMILES string of the molecule is O=C1C2C(=O)N(OS(=O)(=O)Cc3ccccc3)C(=O)C2C2C[N+](=O)C(OS(=O)(=O)Cc3ccccc3)C12. The van der Waals surface area contributed by atoms with Crippen LogP contribution in [0.3, 0.4) is 0 Å². The summed E-state index contributed by atoms with van der Waals surface area (Å²) >= 11 is 0. The van der Waals surface area contributed by atoms with Crippen molar-refractivity contribution >= 4 is 37.8 Å². The fourth-order valence-electron chi connectivity index (χ4n) is 5.17. The lowest BCUT2D eigenvalue weighted by molar-refractivity contribution is -0.603. The maximum Gasteiger partial charge on any atom is 0.329 e. The lowest BCUT2D eigenvalue weighted by atomic mass is 9.90. The molecule has 2 aromatic carbocycles. The molecule has 0 aromatic heterocycles. The van der Waals surface area contributed by atoms with Gasteiger partial charge in [0, 0.05) is 9.67 Å². The van der Waals surface area contributed by atoms with Crippen molar-refractivity contribution in [2.75, 3.05) is 6.54 Å². The molecular weight excluding hydrogens is 528 g/mol. The fourth-order valence-corrected chi connectivity index (χ4v) is 7.38. The Labute approximate surface area is 211 Å². The van der Waals surface area contributed by atoms with Gasteiger partial charge in [0.05, 0.1) is 11.8 Å². The first-order valence-electron chi connectivity index (χ1n) is 11.2. The lowest BCUT2D eigenvalue weighted by Gasteiger charge is -2.17. The van der Waals surface area contributed by atoms with E-state index in [0.29, 0.717) is 11.1 Å². The van der Waals surface area contributed by atoms with Gasteiger partial charge in [-0.25, -0.2) is 0 Å². The Bertz CT molecular complexity index is 1490. The molecule has 5 unspecified atom stereocenters. The van der Waals surface area contributed by atoms with E-state index in [1.54, 1.807) is 48.5 Å². The van der Waals surface area contributed by atoms with Crippen LogP contribution in [0.5, 0.6) is 0 Å². The first-order valence-corrected chi connectivity index (χ1v) is 14.4. The van der Waals surface area contributed by atoms with E-state index in [-0.39, 0.29) is 9.82 Å². The highest BCUT2D eigenvalue weighted by atomic mass is 32.2. The van der Waals surface area contributed by atoms with Crippen molar-refractivity contribution in [3.63, 3.8) is 0 Å². The summed E-state index contributed by atoms with van der Waals surface area (Å²) in [6.45, 7) is -0.452. The van der Waals surface area contributed by atoms with Gasteiger partial charge >= 0.3 is 6.23 Å². The van der Waals surface area contributed by atoms with Gasteiger partial charge < -0.3 is 0 Å². The van der Waals surface area contributed by atoms with Gasteiger partial charge in [0.15, 0.2) is 12.3 Å².